The molecule has 1 rings (SSSR count). The molecule has 1 amide bonds. The van der Waals surface area contributed by atoms with E-state index >= 15 is 0 Å². The maximum absolute atomic E-state index is 12.1. The lowest BCUT2D eigenvalue weighted by Gasteiger charge is -2.29. The highest BCUT2D eigenvalue weighted by Crippen LogP contribution is 2.30. The smallest absolute Gasteiger partial charge is 0.226 e. The number of nitrogens with zero attached hydrogens (tertiary/aromatic N) is 1. The summed E-state index contributed by atoms with van der Waals surface area (Å²) >= 11 is 0. The Morgan fingerprint density at radius 1 is 1.40 bits per heavy atom. The number of nitrogens with one attached hydrogen (secondary N) is 1. The monoisotopic (exact) mass is 212 g/mol. The van der Waals surface area contributed by atoms with Gasteiger partial charge in [-0.1, -0.05) is 6.92 Å². The van der Waals surface area contributed by atoms with Crippen LogP contribution in [0.5, 0.6) is 0 Å². The standard InChI is InChI=1S/C12H24N2O/c1-9(2)14(8-11-5-6-11)12(15)10(3)7-13-4/h9-11,13H,5-8H2,1-4H3. The summed E-state index contributed by atoms with van der Waals surface area (Å²) in [5.74, 6) is 1.17. The molecule has 1 N–H and O–H groups in total. The second kappa shape index (κ2) is 5.50. The second-order valence-electron chi connectivity index (χ2n) is 4.99. The molecule has 1 saturated carbocycles. The number of amides is 1. The Bertz CT molecular complexity index is 212. The largest absolute Gasteiger partial charge is 0.340 e. The molecule has 3 heteroatoms. The highest BCUT2D eigenvalue weighted by molar-refractivity contribution is 5.79. The van der Waals surface area contributed by atoms with Crippen molar-refractivity contribution < 1.29 is 4.79 Å². The Balaban J connectivity index is 2.49. The summed E-state index contributed by atoms with van der Waals surface area (Å²) in [5, 5.41) is 3.06. The quantitative estimate of drug-likeness (QED) is 0.723. The fraction of sp³-hybridized carbons (Fsp3) is 0.917. The first-order valence-electron chi connectivity index (χ1n) is 6.01. The Morgan fingerprint density at radius 3 is 2.40 bits per heavy atom. The maximum atomic E-state index is 12.1. The normalized spacial score (nSPS) is 17.9. The number of carbonyl (C=O) groups is 1. The topological polar surface area (TPSA) is 32.3 Å². The summed E-state index contributed by atoms with van der Waals surface area (Å²) in [6, 6.07) is 0.331. The minimum atomic E-state index is 0.0937. The molecule has 0 aliphatic heterocycles. The van der Waals surface area contributed by atoms with Crippen LogP contribution in [0.1, 0.15) is 33.6 Å². The van der Waals surface area contributed by atoms with Crippen LogP contribution in [-0.2, 0) is 4.79 Å². The lowest BCUT2D eigenvalue weighted by Crippen LogP contribution is -2.43. The molecule has 0 saturated heterocycles. The van der Waals surface area contributed by atoms with Crippen molar-refractivity contribution in [2.24, 2.45) is 11.8 Å². The van der Waals surface area contributed by atoms with Gasteiger partial charge in [0, 0.05) is 25.0 Å². The molecule has 0 aromatic carbocycles. The van der Waals surface area contributed by atoms with Crippen LogP contribution in [0.15, 0.2) is 0 Å². The van der Waals surface area contributed by atoms with Gasteiger partial charge in [-0.05, 0) is 39.7 Å². The van der Waals surface area contributed by atoms with Gasteiger partial charge in [0.2, 0.25) is 5.91 Å². The molecule has 0 aromatic rings. The molecule has 15 heavy (non-hydrogen) atoms. The lowest BCUT2D eigenvalue weighted by molar-refractivity contribution is -0.136. The number of rotatable bonds is 6. The van der Waals surface area contributed by atoms with E-state index in [-0.39, 0.29) is 5.92 Å². The van der Waals surface area contributed by atoms with Crippen molar-refractivity contribution in [3.05, 3.63) is 0 Å². The van der Waals surface area contributed by atoms with Crippen molar-refractivity contribution in [3.8, 4) is 0 Å². The molecule has 0 heterocycles. The third kappa shape index (κ3) is 3.82. The van der Waals surface area contributed by atoms with E-state index in [1.54, 1.807) is 0 Å². The van der Waals surface area contributed by atoms with E-state index in [1.807, 2.05) is 18.9 Å². The Hall–Kier alpha value is -0.570. The van der Waals surface area contributed by atoms with Gasteiger partial charge in [-0.25, -0.2) is 0 Å². The fourth-order valence-corrected chi connectivity index (χ4v) is 1.81. The molecule has 88 valence electrons. The summed E-state index contributed by atoms with van der Waals surface area (Å²) in [5.41, 5.74) is 0. The zero-order valence-corrected chi connectivity index (χ0v) is 10.4. The van der Waals surface area contributed by atoms with Crippen LogP contribution in [0.2, 0.25) is 0 Å². The second-order valence-corrected chi connectivity index (χ2v) is 4.99. The van der Waals surface area contributed by atoms with Gasteiger partial charge in [-0.3, -0.25) is 4.79 Å². The molecule has 0 radical (unpaired) electrons. The summed E-state index contributed by atoms with van der Waals surface area (Å²) < 4.78 is 0. The predicted molar refractivity (Wildman–Crippen MR) is 62.7 cm³/mol. The van der Waals surface area contributed by atoms with Crippen LogP contribution in [0.3, 0.4) is 0 Å². The number of carbonyl (C=O) groups excluding carboxylic acids is 1. The van der Waals surface area contributed by atoms with Crippen LogP contribution in [-0.4, -0.2) is 37.0 Å². The lowest BCUT2D eigenvalue weighted by atomic mass is 10.1. The van der Waals surface area contributed by atoms with Crippen LogP contribution < -0.4 is 5.32 Å². The molecule has 1 aliphatic rings. The van der Waals surface area contributed by atoms with Crippen LogP contribution >= 0.6 is 0 Å². The van der Waals surface area contributed by atoms with Gasteiger partial charge >= 0.3 is 0 Å². The molecule has 0 spiro atoms. The van der Waals surface area contributed by atoms with Gasteiger partial charge in [0.25, 0.3) is 0 Å². The van der Waals surface area contributed by atoms with E-state index in [9.17, 15) is 4.79 Å². The first kappa shape index (κ1) is 12.5. The summed E-state index contributed by atoms with van der Waals surface area (Å²) in [4.78, 5) is 14.2. The molecule has 1 unspecified atom stereocenters. The molecule has 1 atom stereocenters. The average Bonchev–Trinajstić information content (AvgIpc) is 2.96. The van der Waals surface area contributed by atoms with Crippen molar-refractivity contribution in [1.82, 2.24) is 10.2 Å². The van der Waals surface area contributed by atoms with Gasteiger partial charge in [0.15, 0.2) is 0 Å². The van der Waals surface area contributed by atoms with E-state index in [0.29, 0.717) is 11.9 Å². The van der Waals surface area contributed by atoms with Crippen LogP contribution in [0.4, 0.5) is 0 Å². The molecule has 1 aliphatic carbocycles. The van der Waals surface area contributed by atoms with E-state index in [0.717, 1.165) is 19.0 Å². The summed E-state index contributed by atoms with van der Waals surface area (Å²) in [7, 11) is 1.89. The Kier molecular flexibility index (Phi) is 4.58. The highest BCUT2D eigenvalue weighted by atomic mass is 16.2. The molecule has 1 fully saturated rings. The molecular formula is C12H24N2O. The summed E-state index contributed by atoms with van der Waals surface area (Å²) in [6.45, 7) is 7.94. The van der Waals surface area contributed by atoms with E-state index in [4.69, 9.17) is 0 Å². The molecule has 3 nitrogen and oxygen atoms in total. The van der Waals surface area contributed by atoms with Gasteiger partial charge in [0.05, 0.1) is 0 Å². The number of hydrogen-bond donors (Lipinski definition) is 1. The molecule has 0 bridgehead atoms. The third-order valence-electron chi connectivity index (χ3n) is 2.99. The van der Waals surface area contributed by atoms with Gasteiger partial charge < -0.3 is 10.2 Å². The molecule has 0 aromatic heterocycles. The van der Waals surface area contributed by atoms with E-state index in [1.165, 1.54) is 12.8 Å². The minimum Gasteiger partial charge on any atom is -0.340 e. The highest BCUT2D eigenvalue weighted by Gasteiger charge is 2.29. The zero-order valence-electron chi connectivity index (χ0n) is 10.4. The number of hydrogen-bond acceptors (Lipinski definition) is 2. The van der Waals surface area contributed by atoms with Crippen molar-refractivity contribution in [2.75, 3.05) is 20.1 Å². The van der Waals surface area contributed by atoms with E-state index in [2.05, 4.69) is 19.2 Å². The fourth-order valence-electron chi connectivity index (χ4n) is 1.81. The van der Waals surface area contributed by atoms with E-state index < -0.39 is 0 Å². The van der Waals surface area contributed by atoms with Crippen molar-refractivity contribution in [3.63, 3.8) is 0 Å². The minimum absolute atomic E-state index is 0.0937. The summed E-state index contributed by atoms with van der Waals surface area (Å²) in [6.07, 6.45) is 2.60. The predicted octanol–water partition coefficient (Wildman–Crippen LogP) is 1.49. The van der Waals surface area contributed by atoms with Gasteiger partial charge in [-0.2, -0.15) is 0 Å². The van der Waals surface area contributed by atoms with Crippen molar-refractivity contribution in [1.29, 1.82) is 0 Å². The van der Waals surface area contributed by atoms with Gasteiger partial charge in [0.1, 0.15) is 0 Å². The first-order valence-corrected chi connectivity index (χ1v) is 6.01. The van der Waals surface area contributed by atoms with Crippen LogP contribution in [0, 0.1) is 11.8 Å². The van der Waals surface area contributed by atoms with Crippen LogP contribution in [0.25, 0.3) is 0 Å². The first-order chi connectivity index (χ1) is 7.06. The average molecular weight is 212 g/mol. The van der Waals surface area contributed by atoms with Crippen molar-refractivity contribution in [2.45, 2.75) is 39.7 Å². The van der Waals surface area contributed by atoms with Gasteiger partial charge in [-0.15, -0.1) is 0 Å². The maximum Gasteiger partial charge on any atom is 0.226 e. The zero-order chi connectivity index (χ0) is 11.4. The Morgan fingerprint density at radius 2 is 2.00 bits per heavy atom. The molecular weight excluding hydrogens is 188 g/mol. The SMILES string of the molecule is CNCC(C)C(=O)N(CC1CC1)C(C)C. The Labute approximate surface area is 93.2 Å². The third-order valence-corrected chi connectivity index (χ3v) is 2.99. The van der Waals surface area contributed by atoms with Crippen molar-refractivity contribution >= 4 is 5.91 Å².